The predicted molar refractivity (Wildman–Crippen MR) is 113 cm³/mol. The molecule has 0 amide bonds. The maximum atomic E-state index is 12.1. The van der Waals surface area contributed by atoms with Crippen molar-refractivity contribution in [3.63, 3.8) is 0 Å². The van der Waals surface area contributed by atoms with Crippen LogP contribution in [0, 0.1) is 0 Å². The van der Waals surface area contributed by atoms with Crippen molar-refractivity contribution < 1.29 is 9.15 Å². The third kappa shape index (κ3) is 4.70. The fourth-order valence-corrected chi connectivity index (χ4v) is 3.24. The summed E-state index contributed by atoms with van der Waals surface area (Å²) in [6.07, 6.45) is 0. The van der Waals surface area contributed by atoms with Crippen molar-refractivity contribution in [1.82, 2.24) is 9.78 Å². The zero-order chi connectivity index (χ0) is 20.2. The highest BCUT2D eigenvalue weighted by Crippen LogP contribution is 2.24. The lowest BCUT2D eigenvalue weighted by atomic mass is 10.2. The molecule has 3 aromatic carbocycles. The van der Waals surface area contributed by atoms with Gasteiger partial charge in [0.05, 0.1) is 6.54 Å². The summed E-state index contributed by atoms with van der Waals surface area (Å²) in [6.45, 7) is 0.669. The van der Waals surface area contributed by atoms with E-state index in [0.717, 1.165) is 11.1 Å². The van der Waals surface area contributed by atoms with Gasteiger partial charge in [-0.25, -0.2) is 4.79 Å². The summed E-state index contributed by atoms with van der Waals surface area (Å²) in [5.41, 5.74) is 2.50. The van der Waals surface area contributed by atoms with Gasteiger partial charge in [0, 0.05) is 21.2 Å². The quantitative estimate of drug-likeness (QED) is 0.411. The van der Waals surface area contributed by atoms with E-state index < -0.39 is 5.76 Å². The minimum atomic E-state index is -0.499. The lowest BCUT2D eigenvalue weighted by Crippen LogP contribution is -2.16. The minimum absolute atomic E-state index is 0.262. The summed E-state index contributed by atoms with van der Waals surface area (Å²) >= 11 is 12.1. The van der Waals surface area contributed by atoms with E-state index >= 15 is 0 Å². The van der Waals surface area contributed by atoms with E-state index in [1.54, 1.807) is 36.4 Å². The van der Waals surface area contributed by atoms with Crippen molar-refractivity contribution in [2.75, 3.05) is 0 Å². The highest BCUT2D eigenvalue weighted by Gasteiger charge is 2.11. The van der Waals surface area contributed by atoms with Crippen molar-refractivity contribution in [2.45, 2.75) is 13.2 Å². The highest BCUT2D eigenvalue weighted by molar-refractivity contribution is 6.35. The van der Waals surface area contributed by atoms with Gasteiger partial charge in [0.25, 0.3) is 0 Å². The van der Waals surface area contributed by atoms with Gasteiger partial charge in [-0.1, -0.05) is 59.6 Å². The number of hydrogen-bond donors (Lipinski definition) is 0. The molecule has 1 heterocycles. The Morgan fingerprint density at radius 3 is 2.45 bits per heavy atom. The molecule has 0 fully saturated rings. The summed E-state index contributed by atoms with van der Waals surface area (Å²) in [7, 11) is 0. The van der Waals surface area contributed by atoms with Gasteiger partial charge >= 0.3 is 5.76 Å². The maximum absolute atomic E-state index is 12.1. The lowest BCUT2D eigenvalue weighted by molar-refractivity contribution is 0.306. The molecular formula is C22H16Cl2N2O3. The van der Waals surface area contributed by atoms with Crippen molar-refractivity contribution in [1.29, 1.82) is 0 Å². The zero-order valence-corrected chi connectivity index (χ0v) is 16.7. The molecule has 146 valence electrons. The molecule has 0 saturated heterocycles. The molecule has 0 aliphatic rings. The van der Waals surface area contributed by atoms with E-state index in [1.165, 1.54) is 4.68 Å². The van der Waals surface area contributed by atoms with Crippen molar-refractivity contribution >= 4 is 23.2 Å². The van der Waals surface area contributed by atoms with E-state index in [2.05, 4.69) is 5.10 Å². The van der Waals surface area contributed by atoms with Gasteiger partial charge in [0.1, 0.15) is 12.4 Å². The van der Waals surface area contributed by atoms with Crippen LogP contribution in [-0.2, 0) is 13.2 Å². The summed E-state index contributed by atoms with van der Waals surface area (Å²) in [6, 6.07) is 22.0. The van der Waals surface area contributed by atoms with Crippen LogP contribution in [0.5, 0.6) is 5.75 Å². The van der Waals surface area contributed by atoms with Gasteiger partial charge in [0.15, 0.2) is 0 Å². The lowest BCUT2D eigenvalue weighted by Gasteiger charge is -2.08. The maximum Gasteiger partial charge on any atom is 0.437 e. The molecule has 0 aliphatic heterocycles. The molecule has 0 aliphatic carbocycles. The van der Waals surface area contributed by atoms with Crippen molar-refractivity contribution in [3.05, 3.63) is 105 Å². The second-order valence-corrected chi connectivity index (χ2v) is 7.21. The Morgan fingerprint density at radius 2 is 1.72 bits per heavy atom. The largest absolute Gasteiger partial charge is 0.489 e. The first-order chi connectivity index (χ1) is 14.1. The third-order valence-electron chi connectivity index (χ3n) is 4.29. The molecule has 0 radical (unpaired) electrons. The number of benzene rings is 3. The number of rotatable bonds is 6. The summed E-state index contributed by atoms with van der Waals surface area (Å²) in [4.78, 5) is 12.1. The van der Waals surface area contributed by atoms with Gasteiger partial charge in [-0.2, -0.15) is 4.68 Å². The molecule has 0 atom stereocenters. The molecule has 0 spiro atoms. The molecule has 29 heavy (non-hydrogen) atoms. The second kappa shape index (κ2) is 8.55. The first-order valence-electron chi connectivity index (χ1n) is 8.87. The molecule has 0 saturated carbocycles. The molecule has 4 aromatic rings. The Balaban J connectivity index is 1.45. The average Bonchev–Trinajstić information content (AvgIpc) is 3.09. The minimum Gasteiger partial charge on any atom is -0.489 e. The van der Waals surface area contributed by atoms with Gasteiger partial charge in [-0.15, -0.1) is 5.10 Å². The van der Waals surface area contributed by atoms with Crippen LogP contribution >= 0.6 is 23.2 Å². The van der Waals surface area contributed by atoms with Crippen molar-refractivity contribution in [3.8, 4) is 17.2 Å². The van der Waals surface area contributed by atoms with Crippen LogP contribution < -0.4 is 10.5 Å². The van der Waals surface area contributed by atoms with Gasteiger partial charge in [0.2, 0.25) is 5.89 Å². The van der Waals surface area contributed by atoms with Gasteiger partial charge in [-0.05, 0) is 42.0 Å². The third-order valence-corrected chi connectivity index (χ3v) is 4.88. The first kappa shape index (κ1) is 19.3. The smallest absolute Gasteiger partial charge is 0.437 e. The molecule has 7 heteroatoms. The fraction of sp³-hybridized carbons (Fsp3) is 0.0909. The molecule has 0 N–H and O–H groups in total. The number of nitrogens with zero attached hydrogens (tertiary/aromatic N) is 2. The number of hydrogen-bond acceptors (Lipinski definition) is 4. The molecule has 0 bridgehead atoms. The number of ether oxygens (including phenoxy) is 1. The Labute approximate surface area is 177 Å². The average molecular weight is 427 g/mol. The SMILES string of the molecule is O=c1oc(-c2ccc(OCc3ccc(Cl)cc3Cl)cc2)nn1Cc1ccccc1. The first-order valence-corrected chi connectivity index (χ1v) is 9.63. The van der Waals surface area contributed by atoms with E-state index in [4.69, 9.17) is 32.4 Å². The monoisotopic (exact) mass is 426 g/mol. The normalized spacial score (nSPS) is 10.8. The summed E-state index contributed by atoms with van der Waals surface area (Å²) < 4.78 is 12.4. The van der Waals surface area contributed by atoms with Crippen LogP contribution in [-0.4, -0.2) is 9.78 Å². The highest BCUT2D eigenvalue weighted by atomic mass is 35.5. The Hall–Kier alpha value is -3.02. The van der Waals surface area contributed by atoms with Crippen LogP contribution in [0.15, 0.2) is 82.0 Å². The predicted octanol–water partition coefficient (Wildman–Crippen LogP) is 5.44. The topological polar surface area (TPSA) is 57.3 Å². The molecule has 4 rings (SSSR count). The Kier molecular flexibility index (Phi) is 5.69. The van der Waals surface area contributed by atoms with E-state index in [-0.39, 0.29) is 5.89 Å². The van der Waals surface area contributed by atoms with Gasteiger partial charge < -0.3 is 9.15 Å². The van der Waals surface area contributed by atoms with E-state index in [9.17, 15) is 4.79 Å². The standard InChI is InChI=1S/C22H16Cl2N2O3/c23-18-9-6-17(20(24)12-18)14-28-19-10-7-16(8-11-19)21-25-26(22(27)29-21)13-15-4-2-1-3-5-15/h1-12H,13-14H2. The van der Waals surface area contributed by atoms with Crippen LogP contribution in [0.3, 0.4) is 0 Å². The Bertz CT molecular complexity index is 1170. The molecule has 1 aromatic heterocycles. The molecule has 0 unspecified atom stereocenters. The summed E-state index contributed by atoms with van der Waals surface area (Å²) in [5, 5.41) is 5.42. The fourth-order valence-electron chi connectivity index (χ4n) is 2.77. The Morgan fingerprint density at radius 1 is 0.966 bits per heavy atom. The van der Waals surface area contributed by atoms with Crippen LogP contribution in [0.1, 0.15) is 11.1 Å². The van der Waals surface area contributed by atoms with Crippen LogP contribution in [0.2, 0.25) is 10.0 Å². The van der Waals surface area contributed by atoms with Crippen LogP contribution in [0.4, 0.5) is 0 Å². The second-order valence-electron chi connectivity index (χ2n) is 6.37. The zero-order valence-electron chi connectivity index (χ0n) is 15.2. The molecular weight excluding hydrogens is 411 g/mol. The molecule has 5 nitrogen and oxygen atoms in total. The van der Waals surface area contributed by atoms with Crippen molar-refractivity contribution in [2.24, 2.45) is 0 Å². The number of aromatic nitrogens is 2. The van der Waals surface area contributed by atoms with Gasteiger partial charge in [-0.3, -0.25) is 0 Å². The van der Waals surface area contributed by atoms with E-state index in [0.29, 0.717) is 34.5 Å². The van der Waals surface area contributed by atoms with Crippen LogP contribution in [0.25, 0.3) is 11.5 Å². The number of halogens is 2. The van der Waals surface area contributed by atoms with E-state index in [1.807, 2.05) is 36.4 Å². The summed E-state index contributed by atoms with van der Waals surface area (Å²) in [5.74, 6) is 0.422.